The van der Waals surface area contributed by atoms with Crippen LogP contribution in [0.5, 0.6) is 5.75 Å². The number of ether oxygens (including phenoxy) is 2. The van der Waals surface area contributed by atoms with Crippen LogP contribution in [0.25, 0.3) is 0 Å². The lowest BCUT2D eigenvalue weighted by atomic mass is 10.1. The third-order valence-corrected chi connectivity index (χ3v) is 5.19. The first-order valence-electron chi connectivity index (χ1n) is 9.29. The third-order valence-electron chi connectivity index (χ3n) is 4.94. The number of carbonyl (C=O) groups excluding carboxylic acids is 2. The lowest BCUT2D eigenvalue weighted by Crippen LogP contribution is -2.54. The van der Waals surface area contributed by atoms with E-state index in [1.54, 1.807) is 28.0 Å². The molecule has 28 heavy (non-hydrogen) atoms. The van der Waals surface area contributed by atoms with Gasteiger partial charge in [-0.2, -0.15) is 0 Å². The Morgan fingerprint density at radius 1 is 1.04 bits per heavy atom. The largest absolute Gasteiger partial charge is 0.476 e. The van der Waals surface area contributed by atoms with Gasteiger partial charge < -0.3 is 19.3 Å². The van der Waals surface area contributed by atoms with Gasteiger partial charge in [-0.15, -0.1) is 0 Å². The monoisotopic (exact) mass is 400 g/mol. The van der Waals surface area contributed by atoms with Crippen LogP contribution in [0.3, 0.4) is 0 Å². The number of morpholine rings is 1. The van der Waals surface area contributed by atoms with Crippen LogP contribution in [0.2, 0.25) is 5.02 Å². The summed E-state index contributed by atoms with van der Waals surface area (Å²) in [5.74, 6) is 0.352. The smallest absolute Gasteiger partial charge is 0.265 e. The molecule has 1 fully saturated rings. The Bertz CT molecular complexity index is 865. The predicted molar refractivity (Wildman–Crippen MR) is 106 cm³/mol. The van der Waals surface area contributed by atoms with E-state index in [1.165, 1.54) is 0 Å². The topological polar surface area (TPSA) is 59.1 Å². The summed E-state index contributed by atoms with van der Waals surface area (Å²) in [6.45, 7) is 2.32. The summed E-state index contributed by atoms with van der Waals surface area (Å²) in [6.07, 6.45) is -0.494. The quantitative estimate of drug-likeness (QED) is 0.794. The zero-order valence-corrected chi connectivity index (χ0v) is 16.1. The molecule has 4 rings (SSSR count). The maximum atomic E-state index is 13.1. The number of carbonyl (C=O) groups is 2. The Balaban J connectivity index is 1.55. The van der Waals surface area contributed by atoms with Crippen molar-refractivity contribution in [3.8, 4) is 5.75 Å². The molecule has 2 aliphatic heterocycles. The fourth-order valence-corrected chi connectivity index (χ4v) is 3.58. The van der Waals surface area contributed by atoms with Crippen LogP contribution >= 0.6 is 11.6 Å². The number of hydrogen-bond donors (Lipinski definition) is 0. The average Bonchev–Trinajstić information content (AvgIpc) is 2.74. The van der Waals surface area contributed by atoms with Crippen LogP contribution in [0.15, 0.2) is 48.5 Å². The molecule has 1 atom stereocenters. The molecule has 2 aromatic rings. The van der Waals surface area contributed by atoms with Gasteiger partial charge in [0, 0.05) is 18.1 Å². The SMILES string of the molecule is O=C([C@@H]1CN(C(=O)Cc2ccc(Cl)cc2)c2ccccc2O1)N1CCOCC1. The Hall–Kier alpha value is -2.57. The van der Waals surface area contributed by atoms with E-state index < -0.39 is 6.10 Å². The number of hydrogen-bond acceptors (Lipinski definition) is 4. The highest BCUT2D eigenvalue weighted by molar-refractivity contribution is 6.30. The molecule has 0 spiro atoms. The zero-order valence-electron chi connectivity index (χ0n) is 15.3. The fraction of sp³-hybridized carbons (Fsp3) is 0.333. The van der Waals surface area contributed by atoms with E-state index in [1.807, 2.05) is 30.3 Å². The number of amides is 2. The van der Waals surface area contributed by atoms with E-state index >= 15 is 0 Å². The lowest BCUT2D eigenvalue weighted by Gasteiger charge is -2.37. The van der Waals surface area contributed by atoms with Gasteiger partial charge >= 0.3 is 0 Å². The molecule has 1 saturated heterocycles. The summed E-state index contributed by atoms with van der Waals surface area (Å²) in [5, 5.41) is 0.629. The second kappa shape index (κ2) is 8.20. The van der Waals surface area contributed by atoms with Crippen molar-refractivity contribution in [3.63, 3.8) is 0 Å². The van der Waals surface area contributed by atoms with Crippen LogP contribution in [0, 0.1) is 0 Å². The highest BCUT2D eigenvalue weighted by atomic mass is 35.5. The van der Waals surface area contributed by atoms with Crippen molar-refractivity contribution < 1.29 is 19.1 Å². The van der Waals surface area contributed by atoms with Gasteiger partial charge in [0.1, 0.15) is 5.75 Å². The molecule has 6 nitrogen and oxygen atoms in total. The lowest BCUT2D eigenvalue weighted by molar-refractivity contribution is -0.142. The first-order chi connectivity index (χ1) is 13.6. The highest BCUT2D eigenvalue weighted by Crippen LogP contribution is 2.34. The number of halogens is 1. The number of nitrogens with zero attached hydrogens (tertiary/aromatic N) is 2. The number of benzene rings is 2. The molecule has 0 saturated carbocycles. The van der Waals surface area contributed by atoms with Gasteiger partial charge in [-0.05, 0) is 29.8 Å². The van der Waals surface area contributed by atoms with Crippen molar-refractivity contribution in [3.05, 3.63) is 59.1 Å². The Morgan fingerprint density at radius 2 is 1.75 bits per heavy atom. The molecule has 2 heterocycles. The minimum atomic E-state index is -0.720. The molecule has 0 aliphatic carbocycles. The maximum absolute atomic E-state index is 13.1. The van der Waals surface area contributed by atoms with E-state index in [2.05, 4.69) is 0 Å². The van der Waals surface area contributed by atoms with Crippen molar-refractivity contribution in [1.29, 1.82) is 0 Å². The van der Waals surface area contributed by atoms with Gasteiger partial charge in [-0.1, -0.05) is 35.9 Å². The van der Waals surface area contributed by atoms with Gasteiger partial charge in [0.05, 0.1) is 31.9 Å². The summed E-state index contributed by atoms with van der Waals surface area (Å²) < 4.78 is 11.3. The molecule has 0 radical (unpaired) electrons. The van der Waals surface area contributed by atoms with Crippen molar-refractivity contribution in [2.75, 3.05) is 37.7 Å². The van der Waals surface area contributed by atoms with Crippen LogP contribution < -0.4 is 9.64 Å². The molecular weight excluding hydrogens is 380 g/mol. The molecule has 0 unspecified atom stereocenters. The van der Waals surface area contributed by atoms with Crippen molar-refractivity contribution in [2.24, 2.45) is 0 Å². The molecule has 146 valence electrons. The molecule has 2 amide bonds. The molecular formula is C21H21ClN2O4. The molecule has 0 bridgehead atoms. The van der Waals surface area contributed by atoms with E-state index in [0.29, 0.717) is 42.8 Å². The fourth-order valence-electron chi connectivity index (χ4n) is 3.46. The molecule has 2 aromatic carbocycles. The van der Waals surface area contributed by atoms with E-state index in [-0.39, 0.29) is 24.8 Å². The molecule has 0 N–H and O–H groups in total. The van der Waals surface area contributed by atoms with Gasteiger partial charge in [0.2, 0.25) is 5.91 Å². The first kappa shape index (κ1) is 18.8. The van der Waals surface area contributed by atoms with E-state index in [9.17, 15) is 9.59 Å². The van der Waals surface area contributed by atoms with Crippen molar-refractivity contribution >= 4 is 29.1 Å². The average molecular weight is 401 g/mol. The maximum Gasteiger partial charge on any atom is 0.265 e. The Kier molecular flexibility index (Phi) is 5.50. The van der Waals surface area contributed by atoms with Gasteiger partial charge in [-0.3, -0.25) is 9.59 Å². The van der Waals surface area contributed by atoms with Gasteiger partial charge in [0.25, 0.3) is 5.91 Å². The standard InChI is InChI=1S/C21H21ClN2O4/c22-16-7-5-15(6-8-16)13-20(25)24-14-19(21(26)23-9-11-27-12-10-23)28-18-4-2-1-3-17(18)24/h1-8,19H,9-14H2/t19-/m0/s1. The second-order valence-corrected chi connectivity index (χ2v) is 7.26. The zero-order chi connectivity index (χ0) is 19.5. The Morgan fingerprint density at radius 3 is 2.50 bits per heavy atom. The number of anilines is 1. The molecule has 0 aromatic heterocycles. The van der Waals surface area contributed by atoms with Crippen LogP contribution in [0.1, 0.15) is 5.56 Å². The van der Waals surface area contributed by atoms with Crippen molar-refractivity contribution in [2.45, 2.75) is 12.5 Å². The summed E-state index contributed by atoms with van der Waals surface area (Å²) in [6, 6.07) is 14.5. The van der Waals surface area contributed by atoms with Crippen molar-refractivity contribution in [1.82, 2.24) is 4.90 Å². The van der Waals surface area contributed by atoms with Crippen LogP contribution in [-0.4, -0.2) is 55.7 Å². The normalized spacial score (nSPS) is 19.0. The minimum Gasteiger partial charge on any atom is -0.476 e. The summed E-state index contributed by atoms with van der Waals surface area (Å²) >= 11 is 5.93. The number of fused-ring (bicyclic) bond motifs is 1. The number of para-hydroxylation sites is 2. The molecule has 2 aliphatic rings. The summed E-state index contributed by atoms with van der Waals surface area (Å²) in [7, 11) is 0. The van der Waals surface area contributed by atoms with Crippen LogP contribution in [-0.2, 0) is 20.7 Å². The van der Waals surface area contributed by atoms with Crippen LogP contribution in [0.4, 0.5) is 5.69 Å². The first-order valence-corrected chi connectivity index (χ1v) is 9.66. The third kappa shape index (κ3) is 3.98. The minimum absolute atomic E-state index is 0.0853. The van der Waals surface area contributed by atoms with E-state index in [4.69, 9.17) is 21.1 Å². The predicted octanol–water partition coefficient (Wildman–Crippen LogP) is 2.54. The Labute approximate surface area is 168 Å². The number of rotatable bonds is 3. The van der Waals surface area contributed by atoms with Gasteiger partial charge in [-0.25, -0.2) is 0 Å². The van der Waals surface area contributed by atoms with Gasteiger partial charge in [0.15, 0.2) is 6.10 Å². The van der Waals surface area contributed by atoms with E-state index in [0.717, 1.165) is 5.56 Å². The molecule has 7 heteroatoms. The summed E-state index contributed by atoms with van der Waals surface area (Å²) in [5.41, 5.74) is 1.56. The summed E-state index contributed by atoms with van der Waals surface area (Å²) in [4.78, 5) is 29.4. The highest BCUT2D eigenvalue weighted by Gasteiger charge is 2.36. The second-order valence-electron chi connectivity index (χ2n) is 6.82.